The van der Waals surface area contributed by atoms with Gasteiger partial charge in [-0.3, -0.25) is 0 Å². The summed E-state index contributed by atoms with van der Waals surface area (Å²) in [7, 11) is 0. The van der Waals surface area contributed by atoms with Crippen LogP contribution in [0.25, 0.3) is 0 Å². The van der Waals surface area contributed by atoms with Crippen molar-refractivity contribution in [3.05, 3.63) is 0 Å². The maximum absolute atomic E-state index is 8.61. The molecule has 0 aromatic heterocycles. The minimum atomic E-state index is -5.88. The predicted octanol–water partition coefficient (Wildman–Crippen LogP) is -6.68. The molecule has 32 valence electrons. The molecule has 0 bridgehead atoms. The third-order valence-electron chi connectivity index (χ3n) is 0. The van der Waals surface area contributed by atoms with Gasteiger partial charge in [0.2, 0.25) is 0 Å². The Balaban J connectivity index is 0. The van der Waals surface area contributed by atoms with E-state index < -0.39 is 15.0 Å². The van der Waals surface area contributed by atoms with Crippen molar-refractivity contribution in [2.45, 2.75) is 0 Å². The van der Waals surface area contributed by atoms with Gasteiger partial charge in [-0.15, -0.1) is 0 Å². The Bertz CT molecular complexity index is 53.7. The average Bonchev–Trinajstić information content (AvgIpc) is 0.722. The monoisotopic (exact) mass is 138 g/mol. The summed E-state index contributed by atoms with van der Waals surface area (Å²) in [5, 5.41) is 0. The summed E-state index contributed by atoms with van der Waals surface area (Å²) in [5.41, 5.74) is 0. The molecule has 0 radical (unpaired) electrons. The molecule has 0 aromatic carbocycles. The molecule has 0 saturated heterocycles. The van der Waals surface area contributed by atoms with E-state index >= 15 is 0 Å². The molecule has 6 heteroatoms. The van der Waals surface area contributed by atoms with Crippen LogP contribution in [0.5, 0.6) is 0 Å². The van der Waals surface area contributed by atoms with Gasteiger partial charge in [0.15, 0.2) is 0 Å². The molecule has 0 rings (SSSR count). The molecule has 0 aromatic rings. The maximum atomic E-state index is 8.61. The Kier molecular flexibility index (Phi) is 5.64. The van der Waals surface area contributed by atoms with E-state index in [0.29, 0.717) is 0 Å². The first-order valence-corrected chi connectivity index (χ1v) is 3.01. The second kappa shape index (κ2) is 3.29. The minimum absolute atomic E-state index is 0. The van der Waals surface area contributed by atoms with Crippen LogP contribution in [0, 0.1) is 0 Å². The van der Waals surface area contributed by atoms with E-state index in [2.05, 4.69) is 0 Å². The van der Waals surface area contributed by atoms with Crippen LogP contribution in [0.4, 0.5) is 0 Å². The summed E-state index contributed by atoms with van der Waals surface area (Å²) >= 11 is -5.88. The van der Waals surface area contributed by atoms with Crippen LogP contribution in [-0.2, 0) is 18.7 Å². The second-order valence-corrected chi connectivity index (χ2v) is 1.84. The molecular formula is NaO4V-2. The van der Waals surface area contributed by atoms with Crippen molar-refractivity contribution in [1.29, 1.82) is 0 Å². The van der Waals surface area contributed by atoms with E-state index in [9.17, 15) is 0 Å². The molecule has 0 aliphatic carbocycles. The van der Waals surface area contributed by atoms with Crippen molar-refractivity contribution >= 4 is 0 Å². The summed E-state index contributed by atoms with van der Waals surface area (Å²) < 4.78 is 34.4. The molecule has 0 unspecified atom stereocenters. The van der Waals surface area contributed by atoms with Gasteiger partial charge in [0.05, 0.1) is 0 Å². The molecular weight excluding hydrogens is 138 g/mol. The van der Waals surface area contributed by atoms with E-state index in [1.807, 2.05) is 0 Å². The molecule has 0 N–H and O–H groups in total. The summed E-state index contributed by atoms with van der Waals surface area (Å²) in [4.78, 5) is 0. The van der Waals surface area contributed by atoms with E-state index in [-0.39, 0.29) is 29.6 Å². The van der Waals surface area contributed by atoms with Crippen LogP contribution in [0.15, 0.2) is 0 Å². The number of hydrogen-bond donors (Lipinski definition) is 0. The molecule has 0 aliphatic rings. The van der Waals surface area contributed by atoms with Crippen molar-refractivity contribution in [2.75, 3.05) is 0 Å². The Morgan fingerprint density at radius 3 is 1.17 bits per heavy atom. The fraction of sp³-hybridized carbons (Fsp3) is 0. The standard InChI is InChI=1S/Na.4O.V/q+1;;3*-1;. The van der Waals surface area contributed by atoms with Crippen molar-refractivity contribution in [2.24, 2.45) is 0 Å². The van der Waals surface area contributed by atoms with Crippen LogP contribution < -0.4 is 41.7 Å². The molecule has 0 fully saturated rings. The van der Waals surface area contributed by atoms with Gasteiger partial charge in [-0.25, -0.2) is 0 Å². The van der Waals surface area contributed by atoms with Crippen molar-refractivity contribution in [3.63, 3.8) is 0 Å². The van der Waals surface area contributed by atoms with Gasteiger partial charge >= 0.3 is 60.4 Å². The van der Waals surface area contributed by atoms with Gasteiger partial charge in [0.25, 0.3) is 0 Å². The van der Waals surface area contributed by atoms with Crippen LogP contribution >= 0.6 is 0 Å². The summed E-state index contributed by atoms with van der Waals surface area (Å²) in [5.74, 6) is 0. The zero-order chi connectivity index (χ0) is 4.50. The normalized spacial score (nSPS) is 9.83. The summed E-state index contributed by atoms with van der Waals surface area (Å²) in [6, 6.07) is 0. The van der Waals surface area contributed by atoms with Crippen LogP contribution in [0.3, 0.4) is 0 Å². The van der Waals surface area contributed by atoms with E-state index in [4.69, 9.17) is 15.8 Å². The van der Waals surface area contributed by atoms with E-state index in [0.717, 1.165) is 0 Å². The zero-order valence-corrected chi connectivity index (χ0v) is 6.48. The van der Waals surface area contributed by atoms with Gasteiger partial charge in [-0.1, -0.05) is 0 Å². The first-order valence-electron chi connectivity index (χ1n) is 0.730. The topological polar surface area (TPSA) is 86.2 Å². The van der Waals surface area contributed by atoms with Crippen LogP contribution in [-0.4, -0.2) is 0 Å². The van der Waals surface area contributed by atoms with Gasteiger partial charge in [0, 0.05) is 0 Å². The second-order valence-electron chi connectivity index (χ2n) is 0.447. The quantitative estimate of drug-likeness (QED) is 0.311. The molecule has 0 heterocycles. The Hall–Kier alpha value is 1.26. The van der Waals surface area contributed by atoms with Gasteiger partial charge in [0.1, 0.15) is 0 Å². The first-order chi connectivity index (χ1) is 2.00. The molecule has 0 amide bonds. The van der Waals surface area contributed by atoms with Crippen molar-refractivity contribution in [1.82, 2.24) is 0 Å². The van der Waals surface area contributed by atoms with Crippen molar-refractivity contribution in [3.8, 4) is 0 Å². The number of hydrogen-bond acceptors (Lipinski definition) is 4. The van der Waals surface area contributed by atoms with Crippen LogP contribution in [0.1, 0.15) is 0 Å². The third kappa shape index (κ3) is 59.9. The van der Waals surface area contributed by atoms with Gasteiger partial charge < -0.3 is 0 Å². The SMILES string of the molecule is [Na+].[O]=[V]([O-])([O-])[O-]. The zero-order valence-electron chi connectivity index (χ0n) is 3.08. The summed E-state index contributed by atoms with van der Waals surface area (Å²) in [6.45, 7) is 0. The molecule has 6 heavy (non-hydrogen) atoms. The van der Waals surface area contributed by atoms with Crippen molar-refractivity contribution < 1.29 is 60.4 Å². The Morgan fingerprint density at radius 1 is 1.17 bits per heavy atom. The third-order valence-corrected chi connectivity index (χ3v) is 0. The van der Waals surface area contributed by atoms with Gasteiger partial charge in [-0.05, 0) is 0 Å². The Morgan fingerprint density at radius 2 is 1.17 bits per heavy atom. The fourth-order valence-corrected chi connectivity index (χ4v) is 0. The van der Waals surface area contributed by atoms with E-state index in [1.54, 1.807) is 0 Å². The number of rotatable bonds is 0. The van der Waals surface area contributed by atoms with Gasteiger partial charge in [-0.2, -0.15) is 0 Å². The molecule has 0 spiro atoms. The molecule has 4 nitrogen and oxygen atoms in total. The first kappa shape index (κ1) is 10.3. The van der Waals surface area contributed by atoms with Crippen LogP contribution in [0.2, 0.25) is 0 Å². The average molecular weight is 138 g/mol. The fourth-order valence-electron chi connectivity index (χ4n) is 0. The summed E-state index contributed by atoms with van der Waals surface area (Å²) in [6.07, 6.45) is 0. The molecule has 0 saturated carbocycles. The molecule has 0 aliphatic heterocycles. The molecule has 0 atom stereocenters. The van der Waals surface area contributed by atoms with E-state index in [1.165, 1.54) is 0 Å². The predicted molar refractivity (Wildman–Crippen MR) is 0.686 cm³/mol. The Labute approximate surface area is 60.0 Å².